The number of ether oxygens (including phenoxy) is 1. The summed E-state index contributed by atoms with van der Waals surface area (Å²) in [6.45, 7) is 2.26. The summed E-state index contributed by atoms with van der Waals surface area (Å²) >= 11 is 7.32. The van der Waals surface area contributed by atoms with Gasteiger partial charge in [0.05, 0.1) is 19.0 Å². The minimum absolute atomic E-state index is 0.0953. The quantitative estimate of drug-likeness (QED) is 0.741. The number of H-pyrrole nitrogens is 1. The van der Waals surface area contributed by atoms with E-state index in [-0.39, 0.29) is 10.3 Å². The molecule has 0 aliphatic carbocycles. The Hall–Kier alpha value is -1.93. The van der Waals surface area contributed by atoms with Gasteiger partial charge in [-0.1, -0.05) is 11.3 Å². The molecule has 0 bridgehead atoms. The van der Waals surface area contributed by atoms with Crippen molar-refractivity contribution in [2.45, 2.75) is 18.8 Å². The van der Waals surface area contributed by atoms with Crippen molar-refractivity contribution in [3.63, 3.8) is 0 Å². The molecule has 3 aromatic heterocycles. The van der Waals surface area contributed by atoms with Gasteiger partial charge < -0.3 is 14.3 Å². The summed E-state index contributed by atoms with van der Waals surface area (Å²) < 4.78 is 7.06. The van der Waals surface area contributed by atoms with Gasteiger partial charge in [-0.05, 0) is 6.92 Å². The van der Waals surface area contributed by atoms with Gasteiger partial charge in [0.15, 0.2) is 11.2 Å². The third-order valence-corrected chi connectivity index (χ3v) is 3.89. The molecule has 9 heteroatoms. The Kier molecular flexibility index (Phi) is 3.64. The summed E-state index contributed by atoms with van der Waals surface area (Å²) in [5.74, 6) is 1.05. The maximum absolute atomic E-state index is 11.3. The molecule has 0 amide bonds. The van der Waals surface area contributed by atoms with Gasteiger partial charge in [0.25, 0.3) is 0 Å². The van der Waals surface area contributed by atoms with Crippen molar-refractivity contribution in [2.24, 2.45) is 0 Å². The Bertz CT molecular complexity index is 838. The molecule has 0 saturated carbocycles. The molecular weight excluding hydrogens is 314 g/mol. The molecule has 3 aromatic rings. The van der Waals surface area contributed by atoms with Crippen LogP contribution in [0.25, 0.3) is 11.2 Å². The first kappa shape index (κ1) is 14.0. The van der Waals surface area contributed by atoms with E-state index in [4.69, 9.17) is 16.3 Å². The van der Waals surface area contributed by atoms with Gasteiger partial charge in [-0.3, -0.25) is 4.79 Å². The first-order valence-electron chi connectivity index (χ1n) is 6.16. The Morgan fingerprint density at radius 2 is 2.33 bits per heavy atom. The van der Waals surface area contributed by atoms with Crippen molar-refractivity contribution in [3.05, 3.63) is 32.9 Å². The van der Waals surface area contributed by atoms with Crippen LogP contribution in [0, 0.1) is 0 Å². The van der Waals surface area contributed by atoms with Crippen LogP contribution in [-0.2, 0) is 6.54 Å². The zero-order valence-corrected chi connectivity index (χ0v) is 12.9. The SMILES string of the molecule is COc1ncnc2c1nc(C(C)Cl)n2Cc1csc(=O)[nH]1. The second kappa shape index (κ2) is 5.45. The topological polar surface area (TPSA) is 85.7 Å². The molecule has 7 nitrogen and oxygen atoms in total. The number of nitrogens with zero attached hydrogens (tertiary/aromatic N) is 4. The van der Waals surface area contributed by atoms with E-state index in [2.05, 4.69) is 19.9 Å². The average molecular weight is 326 g/mol. The van der Waals surface area contributed by atoms with E-state index < -0.39 is 0 Å². The lowest BCUT2D eigenvalue weighted by Gasteiger charge is -2.08. The van der Waals surface area contributed by atoms with E-state index >= 15 is 0 Å². The lowest BCUT2D eigenvalue weighted by atomic mass is 10.4. The number of imidazole rings is 1. The monoisotopic (exact) mass is 325 g/mol. The second-order valence-corrected chi connectivity index (χ2v) is 5.90. The molecule has 1 N–H and O–H groups in total. The summed E-state index contributed by atoms with van der Waals surface area (Å²) in [6, 6.07) is 0. The number of fused-ring (bicyclic) bond motifs is 1. The summed E-state index contributed by atoms with van der Waals surface area (Å²) in [5, 5.41) is 1.46. The minimum Gasteiger partial charge on any atom is -0.479 e. The lowest BCUT2D eigenvalue weighted by Crippen LogP contribution is -2.08. The largest absolute Gasteiger partial charge is 0.479 e. The van der Waals surface area contributed by atoms with Crippen LogP contribution < -0.4 is 9.61 Å². The van der Waals surface area contributed by atoms with E-state index in [1.165, 1.54) is 13.4 Å². The Morgan fingerprint density at radius 1 is 1.52 bits per heavy atom. The van der Waals surface area contributed by atoms with Gasteiger partial charge in [0.1, 0.15) is 12.2 Å². The number of methoxy groups -OCH3 is 1. The van der Waals surface area contributed by atoms with Crippen molar-refractivity contribution in [1.29, 1.82) is 0 Å². The molecule has 0 aliphatic rings. The Labute approximate surface area is 128 Å². The van der Waals surface area contributed by atoms with Gasteiger partial charge in [-0.25, -0.2) is 9.97 Å². The normalized spacial score (nSPS) is 12.7. The molecule has 21 heavy (non-hydrogen) atoms. The Morgan fingerprint density at radius 3 is 2.95 bits per heavy atom. The zero-order chi connectivity index (χ0) is 15.0. The molecule has 0 spiro atoms. The van der Waals surface area contributed by atoms with Crippen molar-refractivity contribution in [3.8, 4) is 5.88 Å². The van der Waals surface area contributed by atoms with E-state index in [1.54, 1.807) is 5.38 Å². The number of hydrogen-bond donors (Lipinski definition) is 1. The van der Waals surface area contributed by atoms with E-state index in [1.807, 2.05) is 11.5 Å². The summed E-state index contributed by atoms with van der Waals surface area (Å²) in [6.07, 6.45) is 1.42. The number of halogens is 1. The van der Waals surface area contributed by atoms with Crippen LogP contribution in [0.3, 0.4) is 0 Å². The summed E-state index contributed by atoms with van der Waals surface area (Å²) in [7, 11) is 1.53. The van der Waals surface area contributed by atoms with Crippen molar-refractivity contribution >= 4 is 34.1 Å². The van der Waals surface area contributed by atoms with Crippen molar-refractivity contribution < 1.29 is 4.74 Å². The first-order valence-corrected chi connectivity index (χ1v) is 7.47. The van der Waals surface area contributed by atoms with Gasteiger partial charge in [-0.15, -0.1) is 11.6 Å². The molecule has 3 rings (SSSR count). The average Bonchev–Trinajstić information content (AvgIpc) is 3.03. The van der Waals surface area contributed by atoms with Crippen LogP contribution in [0.5, 0.6) is 5.88 Å². The molecule has 3 heterocycles. The minimum atomic E-state index is -0.311. The van der Waals surface area contributed by atoms with Gasteiger partial charge in [0, 0.05) is 11.1 Å². The van der Waals surface area contributed by atoms with Crippen molar-refractivity contribution in [1.82, 2.24) is 24.5 Å². The van der Waals surface area contributed by atoms with Crippen LogP contribution >= 0.6 is 22.9 Å². The fourth-order valence-electron chi connectivity index (χ4n) is 2.10. The number of aromatic nitrogens is 5. The third kappa shape index (κ3) is 2.52. The molecule has 0 saturated heterocycles. The zero-order valence-electron chi connectivity index (χ0n) is 11.3. The van der Waals surface area contributed by atoms with Crippen LogP contribution in [0.15, 0.2) is 16.5 Å². The van der Waals surface area contributed by atoms with Gasteiger partial charge in [0.2, 0.25) is 5.88 Å². The highest BCUT2D eigenvalue weighted by atomic mass is 35.5. The highest BCUT2D eigenvalue weighted by Gasteiger charge is 2.19. The number of hydrogen-bond acceptors (Lipinski definition) is 6. The van der Waals surface area contributed by atoms with E-state index in [0.717, 1.165) is 17.0 Å². The molecular formula is C12H12ClN5O2S. The third-order valence-electron chi connectivity index (χ3n) is 2.98. The number of rotatable bonds is 4. The molecule has 1 atom stereocenters. The molecule has 0 aliphatic heterocycles. The smallest absolute Gasteiger partial charge is 0.304 e. The molecule has 110 valence electrons. The van der Waals surface area contributed by atoms with E-state index in [0.29, 0.717) is 29.4 Å². The molecule has 0 aromatic carbocycles. The van der Waals surface area contributed by atoms with E-state index in [9.17, 15) is 4.79 Å². The fraction of sp³-hybridized carbons (Fsp3) is 0.333. The predicted octanol–water partition coefficient (Wildman–Crippen LogP) is 1.93. The molecule has 0 fully saturated rings. The first-order chi connectivity index (χ1) is 10.1. The van der Waals surface area contributed by atoms with Crippen LogP contribution in [0.1, 0.15) is 23.8 Å². The molecule has 1 unspecified atom stereocenters. The highest BCUT2D eigenvalue weighted by Crippen LogP contribution is 2.27. The Balaban J connectivity index is 2.18. The number of nitrogens with one attached hydrogen (secondary N) is 1. The lowest BCUT2D eigenvalue weighted by molar-refractivity contribution is 0.401. The highest BCUT2D eigenvalue weighted by molar-refractivity contribution is 7.07. The van der Waals surface area contributed by atoms with Crippen LogP contribution in [0.2, 0.25) is 0 Å². The van der Waals surface area contributed by atoms with Gasteiger partial charge >= 0.3 is 4.87 Å². The second-order valence-electron chi connectivity index (χ2n) is 4.40. The molecule has 0 radical (unpaired) electrons. The fourth-order valence-corrected chi connectivity index (χ4v) is 2.84. The maximum Gasteiger partial charge on any atom is 0.304 e. The number of alkyl halides is 1. The van der Waals surface area contributed by atoms with Crippen molar-refractivity contribution in [2.75, 3.05) is 7.11 Å². The maximum atomic E-state index is 11.3. The summed E-state index contributed by atoms with van der Waals surface area (Å²) in [5.41, 5.74) is 1.96. The predicted molar refractivity (Wildman–Crippen MR) is 80.2 cm³/mol. The number of thiazole rings is 1. The summed E-state index contributed by atoms with van der Waals surface area (Å²) in [4.78, 5) is 26.7. The van der Waals surface area contributed by atoms with Crippen LogP contribution in [-0.4, -0.2) is 31.6 Å². The van der Waals surface area contributed by atoms with Crippen LogP contribution in [0.4, 0.5) is 0 Å². The van der Waals surface area contributed by atoms with Gasteiger partial charge in [-0.2, -0.15) is 4.98 Å². The number of aromatic amines is 1. The standard InChI is InChI=1S/C12H12ClN5O2S/c1-6(13)9-17-8-10(14-5-15-11(8)20-2)18(9)3-7-4-21-12(19)16-7/h4-6H,3H2,1-2H3,(H,16,19).